The van der Waals surface area contributed by atoms with Gasteiger partial charge in [0.25, 0.3) is 5.91 Å². The zero-order valence-electron chi connectivity index (χ0n) is 15.7. The number of hydrogen-bond acceptors (Lipinski definition) is 5. The lowest BCUT2D eigenvalue weighted by atomic mass is 10.2. The van der Waals surface area contributed by atoms with Gasteiger partial charge in [0.2, 0.25) is 0 Å². The van der Waals surface area contributed by atoms with Gasteiger partial charge in [-0.1, -0.05) is 46.3 Å². The van der Waals surface area contributed by atoms with Crippen molar-refractivity contribution in [2.45, 2.75) is 0 Å². The SMILES string of the molecule is O=C(C=Cc1ccccc1)Oc1ccc(Br)cc1C=NNC(=O)c1ccc(O)cc1. The molecule has 7 heteroatoms. The number of carbonyl (C=O) groups is 2. The van der Waals surface area contributed by atoms with Crippen LogP contribution in [0.15, 0.2) is 88.4 Å². The van der Waals surface area contributed by atoms with Crippen molar-refractivity contribution in [3.63, 3.8) is 0 Å². The van der Waals surface area contributed by atoms with Gasteiger partial charge < -0.3 is 9.84 Å². The Kier molecular flexibility index (Phi) is 7.13. The molecule has 3 aromatic carbocycles. The van der Waals surface area contributed by atoms with Crippen molar-refractivity contribution in [1.82, 2.24) is 5.43 Å². The third-order valence-electron chi connectivity index (χ3n) is 3.89. The summed E-state index contributed by atoms with van der Waals surface area (Å²) in [4.78, 5) is 24.2. The second kappa shape index (κ2) is 10.2. The molecule has 0 aliphatic carbocycles. The number of esters is 1. The first kappa shape index (κ1) is 21.0. The maximum absolute atomic E-state index is 12.2. The molecule has 150 valence electrons. The summed E-state index contributed by atoms with van der Waals surface area (Å²) in [5.41, 5.74) is 4.11. The fourth-order valence-corrected chi connectivity index (χ4v) is 2.80. The average Bonchev–Trinajstić information content (AvgIpc) is 2.75. The summed E-state index contributed by atoms with van der Waals surface area (Å²) in [6.07, 6.45) is 4.38. The molecule has 0 bridgehead atoms. The highest BCUT2D eigenvalue weighted by atomic mass is 79.9. The molecule has 0 saturated carbocycles. The molecule has 3 rings (SSSR count). The number of ether oxygens (including phenoxy) is 1. The molecule has 0 aromatic heterocycles. The lowest BCUT2D eigenvalue weighted by Gasteiger charge is -2.06. The van der Waals surface area contributed by atoms with Crippen molar-refractivity contribution in [1.29, 1.82) is 0 Å². The highest BCUT2D eigenvalue weighted by Gasteiger charge is 2.08. The molecular weight excluding hydrogens is 448 g/mol. The van der Waals surface area contributed by atoms with Gasteiger partial charge in [-0.05, 0) is 54.1 Å². The number of aromatic hydroxyl groups is 1. The Hall–Kier alpha value is -3.71. The van der Waals surface area contributed by atoms with Crippen LogP contribution in [0.4, 0.5) is 0 Å². The third kappa shape index (κ3) is 6.15. The molecule has 0 atom stereocenters. The van der Waals surface area contributed by atoms with Crippen molar-refractivity contribution >= 4 is 40.1 Å². The Balaban J connectivity index is 1.67. The van der Waals surface area contributed by atoms with E-state index in [0.29, 0.717) is 16.9 Å². The standard InChI is InChI=1S/C23H17BrN2O4/c24-19-9-12-21(30-22(28)13-6-16-4-2-1-3-5-16)18(14-19)15-25-26-23(29)17-7-10-20(27)11-8-17/h1-15,27H,(H,26,29). The van der Waals surface area contributed by atoms with Crippen LogP contribution in [0.5, 0.6) is 11.5 Å². The second-order valence-corrected chi connectivity index (χ2v) is 7.01. The molecular formula is C23H17BrN2O4. The van der Waals surface area contributed by atoms with E-state index in [4.69, 9.17) is 4.74 Å². The summed E-state index contributed by atoms with van der Waals surface area (Å²) in [6.45, 7) is 0. The summed E-state index contributed by atoms with van der Waals surface area (Å²) < 4.78 is 6.16. The topological polar surface area (TPSA) is 88.0 Å². The zero-order chi connectivity index (χ0) is 21.3. The van der Waals surface area contributed by atoms with Crippen LogP contribution in [0.25, 0.3) is 6.08 Å². The number of benzene rings is 3. The minimum atomic E-state index is -0.538. The molecule has 0 heterocycles. The van der Waals surface area contributed by atoms with E-state index in [1.807, 2.05) is 30.3 Å². The Morgan fingerprint density at radius 3 is 2.47 bits per heavy atom. The maximum Gasteiger partial charge on any atom is 0.336 e. The van der Waals surface area contributed by atoms with Crippen molar-refractivity contribution < 1.29 is 19.4 Å². The van der Waals surface area contributed by atoms with Crippen molar-refractivity contribution in [2.24, 2.45) is 5.10 Å². The van der Waals surface area contributed by atoms with Crippen molar-refractivity contribution in [3.8, 4) is 11.5 Å². The number of nitrogens with zero attached hydrogens (tertiary/aromatic N) is 1. The quantitative estimate of drug-likeness (QED) is 0.184. The number of hydrogen-bond donors (Lipinski definition) is 2. The van der Waals surface area contributed by atoms with Crippen LogP contribution in [-0.4, -0.2) is 23.2 Å². The third-order valence-corrected chi connectivity index (χ3v) is 4.39. The van der Waals surface area contributed by atoms with Crippen LogP contribution in [0.1, 0.15) is 21.5 Å². The van der Waals surface area contributed by atoms with E-state index < -0.39 is 11.9 Å². The van der Waals surface area contributed by atoms with Crippen LogP contribution in [-0.2, 0) is 4.79 Å². The highest BCUT2D eigenvalue weighted by Crippen LogP contribution is 2.22. The predicted molar refractivity (Wildman–Crippen MR) is 118 cm³/mol. The van der Waals surface area contributed by atoms with E-state index in [2.05, 4.69) is 26.5 Å². The molecule has 0 fully saturated rings. The van der Waals surface area contributed by atoms with Gasteiger partial charge in [-0.25, -0.2) is 10.2 Å². The van der Waals surface area contributed by atoms with Gasteiger partial charge in [0.1, 0.15) is 11.5 Å². The number of phenols is 1. The van der Waals surface area contributed by atoms with Gasteiger partial charge in [0.15, 0.2) is 0 Å². The molecule has 6 nitrogen and oxygen atoms in total. The van der Waals surface area contributed by atoms with E-state index in [0.717, 1.165) is 10.0 Å². The molecule has 0 saturated heterocycles. The second-order valence-electron chi connectivity index (χ2n) is 6.09. The molecule has 30 heavy (non-hydrogen) atoms. The largest absolute Gasteiger partial charge is 0.508 e. The van der Waals surface area contributed by atoms with Crippen LogP contribution in [0.2, 0.25) is 0 Å². The first-order valence-electron chi connectivity index (χ1n) is 8.88. The minimum absolute atomic E-state index is 0.0666. The maximum atomic E-state index is 12.2. The highest BCUT2D eigenvalue weighted by molar-refractivity contribution is 9.10. The van der Waals surface area contributed by atoms with E-state index in [1.165, 1.54) is 36.6 Å². The average molecular weight is 465 g/mol. The lowest BCUT2D eigenvalue weighted by molar-refractivity contribution is -0.128. The molecule has 0 radical (unpaired) electrons. The Morgan fingerprint density at radius 2 is 1.73 bits per heavy atom. The van der Waals surface area contributed by atoms with Gasteiger partial charge in [0.05, 0.1) is 6.21 Å². The molecule has 0 unspecified atom stereocenters. The van der Waals surface area contributed by atoms with E-state index in [-0.39, 0.29) is 5.75 Å². The smallest absolute Gasteiger partial charge is 0.336 e. The first-order valence-corrected chi connectivity index (χ1v) is 9.67. The van der Waals surface area contributed by atoms with E-state index in [9.17, 15) is 14.7 Å². The molecule has 0 spiro atoms. The van der Waals surface area contributed by atoms with E-state index in [1.54, 1.807) is 24.3 Å². The fourth-order valence-electron chi connectivity index (χ4n) is 2.42. The van der Waals surface area contributed by atoms with Gasteiger partial charge in [-0.15, -0.1) is 0 Å². The lowest BCUT2D eigenvalue weighted by Crippen LogP contribution is -2.17. The Morgan fingerprint density at radius 1 is 1.00 bits per heavy atom. The number of hydrazone groups is 1. The van der Waals surface area contributed by atoms with Crippen LogP contribution < -0.4 is 10.2 Å². The Bertz CT molecular complexity index is 1090. The number of halogens is 1. The molecule has 2 N–H and O–H groups in total. The molecule has 1 amide bonds. The fraction of sp³-hybridized carbons (Fsp3) is 0. The first-order chi connectivity index (χ1) is 14.5. The zero-order valence-corrected chi connectivity index (χ0v) is 17.2. The normalized spacial score (nSPS) is 11.0. The summed E-state index contributed by atoms with van der Waals surface area (Å²) in [6, 6.07) is 20.2. The number of rotatable bonds is 6. The number of phenolic OH excluding ortho intramolecular Hbond substituents is 1. The summed E-state index contributed by atoms with van der Waals surface area (Å²) in [5.74, 6) is -0.616. The van der Waals surface area contributed by atoms with Crippen molar-refractivity contribution in [2.75, 3.05) is 0 Å². The number of carbonyl (C=O) groups excluding carboxylic acids is 2. The van der Waals surface area contributed by atoms with Crippen LogP contribution in [0, 0.1) is 0 Å². The van der Waals surface area contributed by atoms with Crippen molar-refractivity contribution in [3.05, 3.63) is 100 Å². The number of nitrogens with one attached hydrogen (secondary N) is 1. The number of amides is 1. The minimum Gasteiger partial charge on any atom is -0.508 e. The van der Waals surface area contributed by atoms with Crippen LogP contribution >= 0.6 is 15.9 Å². The van der Waals surface area contributed by atoms with Gasteiger partial charge in [-0.3, -0.25) is 4.79 Å². The predicted octanol–water partition coefficient (Wildman–Crippen LogP) is 4.54. The Labute approximate surface area is 181 Å². The summed E-state index contributed by atoms with van der Waals surface area (Å²) >= 11 is 3.36. The van der Waals surface area contributed by atoms with Gasteiger partial charge in [-0.2, -0.15) is 5.10 Å². The van der Waals surface area contributed by atoms with Gasteiger partial charge >= 0.3 is 5.97 Å². The molecule has 0 aliphatic heterocycles. The summed E-state index contributed by atoms with van der Waals surface area (Å²) in [5, 5.41) is 13.2. The van der Waals surface area contributed by atoms with Crippen LogP contribution in [0.3, 0.4) is 0 Å². The molecule has 0 aliphatic rings. The molecule has 3 aromatic rings. The monoisotopic (exact) mass is 464 g/mol. The van der Waals surface area contributed by atoms with E-state index >= 15 is 0 Å². The van der Waals surface area contributed by atoms with Gasteiger partial charge in [0, 0.05) is 21.7 Å². The summed E-state index contributed by atoms with van der Waals surface area (Å²) in [7, 11) is 0.